The molecule has 0 aromatic heterocycles. The maximum absolute atomic E-state index is 10.3. The van der Waals surface area contributed by atoms with Gasteiger partial charge in [-0.3, -0.25) is 4.90 Å². The first kappa shape index (κ1) is 13.6. The highest BCUT2D eigenvalue weighted by Gasteiger charge is 2.13. The quantitative estimate of drug-likeness (QED) is 0.532. The molecule has 0 N–H and O–H groups in total. The Balaban J connectivity index is 3.98. The molecule has 84 valence electrons. The largest absolute Gasteiger partial charge is 0.383 e. The van der Waals surface area contributed by atoms with Crippen molar-refractivity contribution in [2.75, 3.05) is 26.8 Å². The molecule has 0 aliphatic heterocycles. The molecule has 3 nitrogen and oxygen atoms in total. The van der Waals surface area contributed by atoms with E-state index in [0.717, 1.165) is 38.8 Å². The summed E-state index contributed by atoms with van der Waals surface area (Å²) in [6.45, 7) is 6.91. The molecule has 0 radical (unpaired) electrons. The third-order valence-corrected chi connectivity index (χ3v) is 2.58. The van der Waals surface area contributed by atoms with Gasteiger partial charge in [0.2, 0.25) is 0 Å². The predicted octanol–water partition coefficient (Wildman–Crippen LogP) is 1.71. The van der Waals surface area contributed by atoms with E-state index in [1.54, 1.807) is 7.11 Å². The Morgan fingerprint density at radius 1 is 1.29 bits per heavy atom. The molecular formula is C11H23NO2. The Labute approximate surface area is 87.4 Å². The molecule has 0 aliphatic rings. The third-order valence-electron chi connectivity index (χ3n) is 2.58. The second-order valence-corrected chi connectivity index (χ2v) is 3.45. The smallest absolute Gasteiger partial charge is 0.121 e. The Morgan fingerprint density at radius 3 is 2.36 bits per heavy atom. The second-order valence-electron chi connectivity index (χ2n) is 3.45. The van der Waals surface area contributed by atoms with Crippen LogP contribution in [-0.4, -0.2) is 44.0 Å². The van der Waals surface area contributed by atoms with E-state index < -0.39 is 0 Å². The van der Waals surface area contributed by atoms with Gasteiger partial charge >= 0.3 is 0 Å². The number of carbonyl (C=O) groups is 1. The predicted molar refractivity (Wildman–Crippen MR) is 58.5 cm³/mol. The number of rotatable bonds is 9. The molecule has 0 aliphatic carbocycles. The van der Waals surface area contributed by atoms with Gasteiger partial charge in [-0.2, -0.15) is 0 Å². The van der Waals surface area contributed by atoms with Crippen LogP contribution < -0.4 is 0 Å². The third kappa shape index (κ3) is 5.35. The van der Waals surface area contributed by atoms with E-state index in [2.05, 4.69) is 18.7 Å². The highest BCUT2D eigenvalue weighted by Crippen LogP contribution is 2.08. The van der Waals surface area contributed by atoms with Crippen molar-refractivity contribution in [3.8, 4) is 0 Å². The van der Waals surface area contributed by atoms with Crippen molar-refractivity contribution in [3.05, 3.63) is 0 Å². The standard InChI is InChI=1S/C11H23NO2/c1-4-11(5-2)12(7-6-9-13)8-10-14-3/h9,11H,4-8,10H2,1-3H3. The maximum Gasteiger partial charge on any atom is 0.121 e. The number of hydrogen-bond acceptors (Lipinski definition) is 3. The number of methoxy groups -OCH3 is 1. The molecule has 0 aromatic carbocycles. The lowest BCUT2D eigenvalue weighted by Gasteiger charge is -2.29. The van der Waals surface area contributed by atoms with Crippen molar-refractivity contribution >= 4 is 6.29 Å². The number of hydrogen-bond donors (Lipinski definition) is 0. The summed E-state index contributed by atoms with van der Waals surface area (Å²) in [6.07, 6.45) is 3.89. The fraction of sp³-hybridized carbons (Fsp3) is 0.909. The van der Waals surface area contributed by atoms with Crippen molar-refractivity contribution in [2.45, 2.75) is 39.2 Å². The molecule has 0 atom stereocenters. The van der Waals surface area contributed by atoms with Gasteiger partial charge in [-0.1, -0.05) is 13.8 Å². The molecule has 14 heavy (non-hydrogen) atoms. The van der Waals surface area contributed by atoms with E-state index in [-0.39, 0.29) is 0 Å². The fourth-order valence-electron chi connectivity index (χ4n) is 1.71. The number of aldehydes is 1. The first-order chi connectivity index (χ1) is 6.79. The van der Waals surface area contributed by atoms with Crippen LogP contribution in [0.1, 0.15) is 33.1 Å². The molecule has 0 amide bonds. The molecule has 0 rings (SSSR count). The van der Waals surface area contributed by atoms with Gasteiger partial charge in [0.1, 0.15) is 6.29 Å². The number of carbonyl (C=O) groups excluding carboxylic acids is 1. The van der Waals surface area contributed by atoms with Crippen molar-refractivity contribution in [1.82, 2.24) is 4.90 Å². The second kappa shape index (κ2) is 9.16. The normalized spacial score (nSPS) is 11.2. The van der Waals surface area contributed by atoms with Crippen molar-refractivity contribution in [1.29, 1.82) is 0 Å². The minimum atomic E-state index is 0.588. The van der Waals surface area contributed by atoms with Crippen molar-refractivity contribution < 1.29 is 9.53 Å². The average molecular weight is 201 g/mol. The molecule has 3 heteroatoms. The number of ether oxygens (including phenoxy) is 1. The minimum absolute atomic E-state index is 0.588. The van der Waals surface area contributed by atoms with Crippen LogP contribution in [0, 0.1) is 0 Å². The van der Waals surface area contributed by atoms with Crippen LogP contribution in [0.3, 0.4) is 0 Å². The zero-order chi connectivity index (χ0) is 10.8. The SMILES string of the molecule is CCC(CC)N(CCC=O)CCOC. The molecule has 0 aromatic rings. The lowest BCUT2D eigenvalue weighted by molar-refractivity contribution is -0.108. The highest BCUT2D eigenvalue weighted by atomic mass is 16.5. The Kier molecular flexibility index (Phi) is 8.89. The first-order valence-electron chi connectivity index (χ1n) is 5.46. The topological polar surface area (TPSA) is 29.5 Å². The lowest BCUT2D eigenvalue weighted by atomic mass is 10.1. The van der Waals surface area contributed by atoms with Gasteiger partial charge in [0, 0.05) is 32.7 Å². The Morgan fingerprint density at radius 2 is 1.93 bits per heavy atom. The highest BCUT2D eigenvalue weighted by molar-refractivity contribution is 5.49. The van der Waals surface area contributed by atoms with Gasteiger partial charge in [-0.25, -0.2) is 0 Å². The average Bonchev–Trinajstić information content (AvgIpc) is 2.22. The molecule has 0 saturated heterocycles. The van der Waals surface area contributed by atoms with Crippen LogP contribution in [0.5, 0.6) is 0 Å². The summed E-state index contributed by atoms with van der Waals surface area (Å²) in [4.78, 5) is 12.7. The molecular weight excluding hydrogens is 178 g/mol. The lowest BCUT2D eigenvalue weighted by Crippen LogP contribution is -2.37. The van der Waals surface area contributed by atoms with Crippen LogP contribution >= 0.6 is 0 Å². The summed E-state index contributed by atoms with van der Waals surface area (Å²) < 4.78 is 5.06. The minimum Gasteiger partial charge on any atom is -0.383 e. The summed E-state index contributed by atoms with van der Waals surface area (Å²) in [5.41, 5.74) is 0. The molecule has 0 saturated carbocycles. The van der Waals surface area contributed by atoms with Crippen LogP contribution in [0.4, 0.5) is 0 Å². The van der Waals surface area contributed by atoms with Crippen LogP contribution in [0.15, 0.2) is 0 Å². The zero-order valence-electron chi connectivity index (χ0n) is 9.66. The summed E-state index contributed by atoms with van der Waals surface area (Å²) >= 11 is 0. The number of nitrogens with zero attached hydrogens (tertiary/aromatic N) is 1. The van der Waals surface area contributed by atoms with Gasteiger partial charge in [-0.15, -0.1) is 0 Å². The van der Waals surface area contributed by atoms with Gasteiger partial charge in [-0.05, 0) is 12.8 Å². The molecule has 0 heterocycles. The van der Waals surface area contributed by atoms with E-state index in [1.165, 1.54) is 0 Å². The summed E-state index contributed by atoms with van der Waals surface area (Å²) in [5.74, 6) is 0. The van der Waals surface area contributed by atoms with Gasteiger partial charge in [0.05, 0.1) is 6.61 Å². The Hall–Kier alpha value is -0.410. The zero-order valence-corrected chi connectivity index (χ0v) is 9.66. The molecule has 0 spiro atoms. The van der Waals surface area contributed by atoms with Crippen LogP contribution in [-0.2, 0) is 9.53 Å². The van der Waals surface area contributed by atoms with Crippen molar-refractivity contribution in [3.63, 3.8) is 0 Å². The van der Waals surface area contributed by atoms with Crippen LogP contribution in [0.2, 0.25) is 0 Å². The summed E-state index contributed by atoms with van der Waals surface area (Å²) in [6, 6.07) is 0.588. The molecule has 0 unspecified atom stereocenters. The Bertz CT molecular complexity index is 135. The summed E-state index contributed by atoms with van der Waals surface area (Å²) in [5, 5.41) is 0. The monoisotopic (exact) mass is 201 g/mol. The van der Waals surface area contributed by atoms with E-state index in [1.807, 2.05) is 0 Å². The van der Waals surface area contributed by atoms with Gasteiger partial charge in [0.25, 0.3) is 0 Å². The summed E-state index contributed by atoms with van der Waals surface area (Å²) in [7, 11) is 1.71. The van der Waals surface area contributed by atoms with Crippen molar-refractivity contribution in [2.24, 2.45) is 0 Å². The van der Waals surface area contributed by atoms with Gasteiger partial charge < -0.3 is 9.53 Å². The van der Waals surface area contributed by atoms with E-state index >= 15 is 0 Å². The maximum atomic E-state index is 10.3. The van der Waals surface area contributed by atoms with Gasteiger partial charge in [0.15, 0.2) is 0 Å². The van der Waals surface area contributed by atoms with E-state index in [4.69, 9.17) is 4.74 Å². The molecule has 0 fully saturated rings. The van der Waals surface area contributed by atoms with Crippen LogP contribution in [0.25, 0.3) is 0 Å². The first-order valence-corrected chi connectivity index (χ1v) is 5.46. The fourth-order valence-corrected chi connectivity index (χ4v) is 1.71. The van der Waals surface area contributed by atoms with E-state index in [0.29, 0.717) is 12.5 Å². The van der Waals surface area contributed by atoms with E-state index in [9.17, 15) is 4.79 Å². The molecule has 0 bridgehead atoms.